The second kappa shape index (κ2) is 11.2. The highest BCUT2D eigenvalue weighted by atomic mass is 16.2. The lowest BCUT2D eigenvalue weighted by atomic mass is 9.91. The largest absolute Gasteiger partial charge is 0.355 e. The number of benzene rings is 1. The van der Waals surface area contributed by atoms with Gasteiger partial charge in [-0.3, -0.25) is 18.7 Å². The van der Waals surface area contributed by atoms with Gasteiger partial charge in [0.05, 0.1) is 11.0 Å². The average molecular weight is 472 g/mol. The first-order valence-electron chi connectivity index (χ1n) is 12.5. The van der Waals surface area contributed by atoms with Gasteiger partial charge in [-0.05, 0) is 50.9 Å². The summed E-state index contributed by atoms with van der Waals surface area (Å²) in [6.07, 6.45) is 2.53. The number of para-hydroxylation sites is 2. The van der Waals surface area contributed by atoms with Crippen LogP contribution in [0.15, 0.2) is 29.1 Å². The Hall–Kier alpha value is -2.61. The summed E-state index contributed by atoms with van der Waals surface area (Å²) in [5, 5.41) is 3.12. The van der Waals surface area contributed by atoms with E-state index in [1.807, 2.05) is 43.3 Å². The first-order valence-corrected chi connectivity index (χ1v) is 12.5. The highest BCUT2D eigenvalue weighted by Crippen LogP contribution is 2.20. The van der Waals surface area contributed by atoms with E-state index in [1.54, 1.807) is 9.13 Å². The Labute approximate surface area is 202 Å². The normalized spacial score (nSPS) is 15.3. The van der Waals surface area contributed by atoms with Crippen LogP contribution in [0.1, 0.15) is 46.5 Å². The highest BCUT2D eigenvalue weighted by molar-refractivity contribution is 5.80. The van der Waals surface area contributed by atoms with E-state index in [0.717, 1.165) is 24.0 Å². The third kappa shape index (κ3) is 6.29. The van der Waals surface area contributed by atoms with Crippen LogP contribution in [-0.4, -0.2) is 71.0 Å². The smallest absolute Gasteiger partial charge is 0.329 e. The van der Waals surface area contributed by atoms with Crippen molar-refractivity contribution in [1.29, 1.82) is 0 Å². The van der Waals surface area contributed by atoms with E-state index in [9.17, 15) is 14.4 Å². The van der Waals surface area contributed by atoms with E-state index < -0.39 is 0 Å². The fraction of sp³-hybridized carbons (Fsp3) is 0.654. The molecule has 1 N–H and O–H groups in total. The number of hydrogen-bond acceptors (Lipinski definition) is 4. The molecule has 1 aromatic carbocycles. The molecule has 1 aliphatic heterocycles. The summed E-state index contributed by atoms with van der Waals surface area (Å²) in [4.78, 5) is 42.5. The summed E-state index contributed by atoms with van der Waals surface area (Å²) in [7, 11) is 4.08. The van der Waals surface area contributed by atoms with Crippen molar-refractivity contribution in [2.45, 2.75) is 59.5 Å². The second-order valence-corrected chi connectivity index (χ2v) is 10.6. The number of likely N-dealkylation sites (tertiary alicyclic amines) is 1. The van der Waals surface area contributed by atoms with Crippen LogP contribution in [0.5, 0.6) is 0 Å². The molecule has 1 saturated heterocycles. The van der Waals surface area contributed by atoms with Crippen LogP contribution in [-0.2, 0) is 22.7 Å². The minimum absolute atomic E-state index is 0.00810. The molecule has 0 aliphatic carbocycles. The Morgan fingerprint density at radius 2 is 1.65 bits per heavy atom. The molecule has 0 saturated carbocycles. The lowest BCUT2D eigenvalue weighted by Crippen LogP contribution is -2.46. The molecule has 1 aromatic heterocycles. The molecule has 0 spiro atoms. The first-order chi connectivity index (χ1) is 16.1. The number of hydrogen-bond donors (Lipinski definition) is 1. The summed E-state index contributed by atoms with van der Waals surface area (Å²) >= 11 is 0. The monoisotopic (exact) mass is 471 g/mol. The van der Waals surface area contributed by atoms with Gasteiger partial charge in [0.25, 0.3) is 0 Å². The number of amides is 2. The fourth-order valence-electron chi connectivity index (χ4n) is 5.07. The Morgan fingerprint density at radius 3 is 2.21 bits per heavy atom. The van der Waals surface area contributed by atoms with Crippen LogP contribution in [0, 0.1) is 11.3 Å². The maximum absolute atomic E-state index is 12.9. The zero-order valence-corrected chi connectivity index (χ0v) is 21.5. The molecule has 0 unspecified atom stereocenters. The van der Waals surface area contributed by atoms with Crippen LogP contribution in [0.3, 0.4) is 0 Å². The second-order valence-electron chi connectivity index (χ2n) is 10.6. The van der Waals surface area contributed by atoms with Crippen molar-refractivity contribution in [2.24, 2.45) is 11.3 Å². The molecular weight excluding hydrogens is 430 g/mol. The Bertz CT molecular complexity index is 1040. The molecule has 2 aromatic rings. The minimum Gasteiger partial charge on any atom is -0.355 e. The zero-order valence-electron chi connectivity index (χ0n) is 21.5. The Morgan fingerprint density at radius 1 is 1.06 bits per heavy atom. The maximum Gasteiger partial charge on any atom is 0.329 e. The highest BCUT2D eigenvalue weighted by Gasteiger charge is 2.29. The number of rotatable bonds is 10. The van der Waals surface area contributed by atoms with Crippen LogP contribution in [0.25, 0.3) is 11.0 Å². The molecule has 0 atom stereocenters. The summed E-state index contributed by atoms with van der Waals surface area (Å²) in [6.45, 7) is 10.1. The number of aromatic nitrogens is 2. The van der Waals surface area contributed by atoms with Crippen LogP contribution in [0.2, 0.25) is 0 Å². The van der Waals surface area contributed by atoms with E-state index in [1.165, 1.54) is 0 Å². The van der Waals surface area contributed by atoms with Gasteiger partial charge in [0.2, 0.25) is 11.8 Å². The van der Waals surface area contributed by atoms with Gasteiger partial charge in [-0.2, -0.15) is 0 Å². The van der Waals surface area contributed by atoms with Crippen LogP contribution in [0.4, 0.5) is 0 Å². The van der Waals surface area contributed by atoms with E-state index in [4.69, 9.17) is 0 Å². The number of fused-ring (bicyclic) bond motifs is 1. The quantitative estimate of drug-likeness (QED) is 0.578. The van der Waals surface area contributed by atoms with Crippen LogP contribution < -0.4 is 11.0 Å². The van der Waals surface area contributed by atoms with E-state index in [0.29, 0.717) is 45.6 Å². The fourth-order valence-corrected chi connectivity index (χ4v) is 5.07. The van der Waals surface area contributed by atoms with Gasteiger partial charge in [0, 0.05) is 51.6 Å². The standard InChI is InChI=1S/C26H41N5O3/c1-6-14-30-21-9-7-8-10-22(21)31(25(30)34)17-13-23(32)29-15-11-20(12-16-29)24(33)27-18-26(2,3)19-28(4)5/h7-10,20H,6,11-19H2,1-5H3,(H,27,33). The molecule has 8 nitrogen and oxygen atoms in total. The van der Waals surface area contributed by atoms with Crippen molar-refractivity contribution in [3.8, 4) is 0 Å². The average Bonchev–Trinajstić information content (AvgIpc) is 3.06. The van der Waals surface area contributed by atoms with Crippen LogP contribution >= 0.6 is 0 Å². The third-order valence-electron chi connectivity index (χ3n) is 6.63. The van der Waals surface area contributed by atoms with Gasteiger partial charge < -0.3 is 15.1 Å². The van der Waals surface area contributed by atoms with Gasteiger partial charge in [-0.15, -0.1) is 0 Å². The number of piperidine rings is 1. The van der Waals surface area contributed by atoms with Gasteiger partial charge >= 0.3 is 5.69 Å². The molecule has 1 fully saturated rings. The molecule has 34 heavy (non-hydrogen) atoms. The lowest BCUT2D eigenvalue weighted by Gasteiger charge is -2.33. The number of nitrogens with zero attached hydrogens (tertiary/aromatic N) is 4. The van der Waals surface area contributed by atoms with Gasteiger partial charge in [-0.25, -0.2) is 4.79 Å². The molecule has 0 bridgehead atoms. The Kier molecular flexibility index (Phi) is 8.57. The molecule has 3 rings (SSSR count). The van der Waals surface area contributed by atoms with Gasteiger partial charge in [-0.1, -0.05) is 32.9 Å². The number of carbonyl (C=O) groups excluding carboxylic acids is 2. The number of carbonyl (C=O) groups is 2. The van der Waals surface area contributed by atoms with E-state index in [2.05, 4.69) is 31.0 Å². The van der Waals surface area contributed by atoms with Crippen molar-refractivity contribution in [3.63, 3.8) is 0 Å². The lowest BCUT2D eigenvalue weighted by molar-refractivity contribution is -0.135. The molecule has 188 valence electrons. The van der Waals surface area contributed by atoms with Crippen molar-refractivity contribution < 1.29 is 9.59 Å². The number of imidazole rings is 1. The van der Waals surface area contributed by atoms with E-state index in [-0.39, 0.29) is 35.3 Å². The molecule has 1 aliphatic rings. The topological polar surface area (TPSA) is 79.6 Å². The molecule has 2 amide bonds. The minimum atomic E-state index is -0.0524. The molecule has 2 heterocycles. The number of aryl methyl sites for hydroxylation is 2. The maximum atomic E-state index is 12.9. The summed E-state index contributed by atoms with van der Waals surface area (Å²) in [5.74, 6) is 0.0910. The first kappa shape index (κ1) is 26.0. The SMILES string of the molecule is CCCn1c(=O)n(CCC(=O)N2CCC(C(=O)NCC(C)(C)CN(C)C)CC2)c2ccccc21. The number of nitrogens with one attached hydrogen (secondary N) is 1. The molecular formula is C26H41N5O3. The van der Waals surface area contributed by atoms with Crippen molar-refractivity contribution in [3.05, 3.63) is 34.7 Å². The predicted molar refractivity (Wildman–Crippen MR) is 136 cm³/mol. The van der Waals surface area contributed by atoms with Gasteiger partial charge in [0.15, 0.2) is 0 Å². The zero-order chi connectivity index (χ0) is 24.9. The molecule has 0 radical (unpaired) electrons. The summed E-state index contributed by atoms with van der Waals surface area (Å²) in [6, 6.07) is 7.76. The van der Waals surface area contributed by atoms with Crippen molar-refractivity contribution >= 4 is 22.8 Å². The summed E-state index contributed by atoms with van der Waals surface area (Å²) in [5.41, 5.74) is 1.75. The van der Waals surface area contributed by atoms with Crippen molar-refractivity contribution in [1.82, 2.24) is 24.3 Å². The predicted octanol–water partition coefficient (Wildman–Crippen LogP) is 2.55. The third-order valence-corrected chi connectivity index (χ3v) is 6.63. The van der Waals surface area contributed by atoms with Gasteiger partial charge in [0.1, 0.15) is 0 Å². The Balaban J connectivity index is 1.52. The molecule has 8 heteroatoms. The summed E-state index contributed by atoms with van der Waals surface area (Å²) < 4.78 is 3.52. The van der Waals surface area contributed by atoms with Crippen molar-refractivity contribution in [2.75, 3.05) is 40.3 Å². The van der Waals surface area contributed by atoms with E-state index >= 15 is 0 Å².